The molecular formula is C40H65NO10. The fourth-order valence-electron chi connectivity index (χ4n) is 8.07. The summed E-state index contributed by atoms with van der Waals surface area (Å²) >= 11 is 0. The van der Waals surface area contributed by atoms with Crippen molar-refractivity contribution in [2.45, 2.75) is 156 Å². The minimum absolute atomic E-state index is 0.0218. The maximum atomic E-state index is 14.1. The number of ether oxygens (including phenoxy) is 4. The highest BCUT2D eigenvalue weighted by Gasteiger charge is 2.56. The molecule has 51 heavy (non-hydrogen) atoms. The van der Waals surface area contributed by atoms with Gasteiger partial charge in [0.1, 0.15) is 18.2 Å². The zero-order valence-corrected chi connectivity index (χ0v) is 32.7. The van der Waals surface area contributed by atoms with Crippen LogP contribution in [0.25, 0.3) is 0 Å². The number of carbonyl (C=O) groups excluding carboxylic acids is 4. The molecule has 0 saturated carbocycles. The first-order valence-corrected chi connectivity index (χ1v) is 19.1. The summed E-state index contributed by atoms with van der Waals surface area (Å²) in [6.07, 6.45) is 4.18. The number of allylic oxidation sites excluding steroid dienone is 3. The van der Waals surface area contributed by atoms with E-state index in [0.717, 1.165) is 12.0 Å². The van der Waals surface area contributed by atoms with Crippen molar-refractivity contribution in [3.8, 4) is 0 Å². The summed E-state index contributed by atoms with van der Waals surface area (Å²) < 4.78 is 24.1. The van der Waals surface area contributed by atoms with Crippen LogP contribution in [0.1, 0.15) is 113 Å². The van der Waals surface area contributed by atoms with Gasteiger partial charge in [-0.05, 0) is 80.8 Å². The zero-order valence-electron chi connectivity index (χ0n) is 32.7. The third-order valence-electron chi connectivity index (χ3n) is 11.5. The Balaban J connectivity index is 2.12. The molecule has 0 radical (unpaired) electrons. The smallest absolute Gasteiger partial charge is 0.329 e. The lowest BCUT2D eigenvalue weighted by atomic mass is 9.81. The number of rotatable bonds is 6. The van der Waals surface area contributed by atoms with Crippen LogP contribution in [0.5, 0.6) is 0 Å². The van der Waals surface area contributed by atoms with Crippen molar-refractivity contribution >= 4 is 23.4 Å². The van der Waals surface area contributed by atoms with E-state index in [2.05, 4.69) is 6.92 Å². The molecule has 11 heteroatoms. The van der Waals surface area contributed by atoms with Gasteiger partial charge in [0, 0.05) is 39.0 Å². The molecule has 2 bridgehead atoms. The first-order chi connectivity index (χ1) is 24.0. The van der Waals surface area contributed by atoms with Crippen molar-refractivity contribution in [2.24, 2.45) is 29.6 Å². The number of aliphatic hydroxyl groups is 2. The van der Waals surface area contributed by atoms with Gasteiger partial charge in [-0.2, -0.15) is 0 Å². The fraction of sp³-hybridized carbons (Fsp3) is 0.800. The van der Waals surface area contributed by atoms with Crippen molar-refractivity contribution in [2.75, 3.05) is 20.8 Å². The Hall–Kier alpha value is -2.44. The Morgan fingerprint density at radius 3 is 2.29 bits per heavy atom. The Kier molecular flexibility index (Phi) is 16.1. The van der Waals surface area contributed by atoms with Gasteiger partial charge in [-0.3, -0.25) is 14.4 Å². The molecule has 2 N–H and O–H groups in total. The molecule has 0 aromatic heterocycles. The number of methoxy groups -OCH3 is 2. The molecule has 2 fully saturated rings. The van der Waals surface area contributed by atoms with Crippen LogP contribution < -0.4 is 0 Å². The Labute approximate surface area is 305 Å². The number of hydrogen-bond acceptors (Lipinski definition) is 10. The molecule has 0 aromatic rings. The number of fused-ring (bicyclic) bond motifs is 3. The minimum atomic E-state index is -2.47. The van der Waals surface area contributed by atoms with Crippen LogP contribution in [-0.2, 0) is 38.1 Å². The number of aliphatic hydroxyl groups excluding tert-OH is 1. The minimum Gasteiger partial charge on any atom is -0.456 e. The maximum Gasteiger partial charge on any atom is 0.329 e. The van der Waals surface area contributed by atoms with E-state index in [4.69, 9.17) is 18.9 Å². The Bertz CT molecular complexity index is 1280. The van der Waals surface area contributed by atoms with Gasteiger partial charge >= 0.3 is 5.97 Å². The van der Waals surface area contributed by atoms with Gasteiger partial charge < -0.3 is 34.1 Å². The SMILES string of the molecule is CC/C1=C\C(C)CC(C)CC(OC)C2OC(O)(C(=O)C(=O)N3CCCCC3C(=O)OC(C(C)=CC(C)CC)C(C)C(O)CC1=O)C(C)CC2OC. The predicted octanol–water partition coefficient (Wildman–Crippen LogP) is 5.34. The lowest BCUT2D eigenvalue weighted by molar-refractivity contribution is -0.302. The molecule has 290 valence electrons. The van der Waals surface area contributed by atoms with Crippen molar-refractivity contribution in [1.29, 1.82) is 0 Å². The first kappa shape index (κ1) is 43.0. The predicted molar refractivity (Wildman–Crippen MR) is 193 cm³/mol. The lowest BCUT2D eigenvalue weighted by Gasteiger charge is -2.47. The quantitative estimate of drug-likeness (QED) is 0.209. The number of carbonyl (C=O) groups is 4. The van der Waals surface area contributed by atoms with Crippen LogP contribution in [0.15, 0.2) is 23.3 Å². The number of cyclic esters (lactones) is 1. The standard InChI is InChI=1S/C40H65NO10/c1-11-23(3)18-26(6)35-28(8)31(42)22-32(43)29(12-2)19-24(4)17-25(5)20-33(48-9)36-34(49-10)21-27(7)40(47,51-36)37(44)38(45)41-16-14-13-15-30(41)39(46)50-35/h18-19,23-25,27-28,30-31,33-36,42,47H,11-17,20-22H2,1-10H3/b26-18?,29-19+. The van der Waals surface area contributed by atoms with E-state index in [0.29, 0.717) is 37.7 Å². The number of ketones is 2. The van der Waals surface area contributed by atoms with E-state index in [1.165, 1.54) is 4.90 Å². The molecule has 1 amide bonds. The largest absolute Gasteiger partial charge is 0.456 e. The highest BCUT2D eigenvalue weighted by atomic mass is 16.7. The third kappa shape index (κ3) is 10.4. The Morgan fingerprint density at radius 2 is 1.69 bits per heavy atom. The Morgan fingerprint density at radius 1 is 1.04 bits per heavy atom. The highest BCUT2D eigenvalue weighted by molar-refractivity contribution is 6.39. The van der Waals surface area contributed by atoms with E-state index in [9.17, 15) is 29.4 Å². The van der Waals surface area contributed by atoms with Gasteiger partial charge in [-0.25, -0.2) is 4.79 Å². The van der Waals surface area contributed by atoms with Crippen molar-refractivity contribution in [3.63, 3.8) is 0 Å². The van der Waals surface area contributed by atoms with Gasteiger partial charge in [0.05, 0.1) is 18.3 Å². The van der Waals surface area contributed by atoms with Crippen molar-refractivity contribution < 1.29 is 48.3 Å². The number of piperidine rings is 1. The summed E-state index contributed by atoms with van der Waals surface area (Å²) in [5.41, 5.74) is 1.37. The molecule has 3 aliphatic rings. The molecule has 3 aliphatic heterocycles. The molecular weight excluding hydrogens is 654 g/mol. The van der Waals surface area contributed by atoms with Crippen molar-refractivity contribution in [1.82, 2.24) is 4.90 Å². The van der Waals surface area contributed by atoms with Gasteiger partial charge in [-0.1, -0.05) is 67.0 Å². The second-order valence-electron chi connectivity index (χ2n) is 15.6. The molecule has 0 aromatic carbocycles. The molecule has 12 atom stereocenters. The van der Waals surface area contributed by atoms with Crippen LogP contribution in [0.3, 0.4) is 0 Å². The van der Waals surface area contributed by atoms with E-state index >= 15 is 0 Å². The number of Topliss-reactive ketones (excluding diaryl/α,β-unsaturated/α-hetero) is 2. The third-order valence-corrected chi connectivity index (χ3v) is 11.5. The molecule has 3 heterocycles. The number of nitrogens with zero attached hydrogens (tertiary/aromatic N) is 1. The van der Waals surface area contributed by atoms with Gasteiger partial charge in [-0.15, -0.1) is 0 Å². The summed E-state index contributed by atoms with van der Waals surface area (Å²) in [7, 11) is 3.08. The summed E-state index contributed by atoms with van der Waals surface area (Å²) in [5, 5.41) is 23.4. The normalized spacial score (nSPS) is 38.9. The van der Waals surface area contributed by atoms with Crippen LogP contribution >= 0.6 is 0 Å². The van der Waals surface area contributed by atoms with E-state index in [1.807, 2.05) is 46.8 Å². The van der Waals surface area contributed by atoms with E-state index < -0.39 is 71.8 Å². The van der Waals surface area contributed by atoms with Gasteiger partial charge in [0.15, 0.2) is 5.78 Å². The highest BCUT2D eigenvalue weighted by Crippen LogP contribution is 2.39. The average molecular weight is 720 g/mol. The number of esters is 1. The average Bonchev–Trinajstić information content (AvgIpc) is 3.10. The number of hydrogen-bond donors (Lipinski definition) is 2. The zero-order chi connectivity index (χ0) is 38.2. The molecule has 11 nitrogen and oxygen atoms in total. The van der Waals surface area contributed by atoms with Crippen LogP contribution in [0, 0.1) is 29.6 Å². The van der Waals surface area contributed by atoms with Crippen LogP contribution in [-0.4, -0.2) is 102 Å². The molecule has 12 unspecified atom stereocenters. The molecule has 3 rings (SSSR count). The first-order valence-electron chi connectivity index (χ1n) is 19.1. The summed E-state index contributed by atoms with van der Waals surface area (Å²) in [6, 6.07) is -1.08. The van der Waals surface area contributed by atoms with Crippen LogP contribution in [0.2, 0.25) is 0 Å². The molecule has 2 saturated heterocycles. The molecule has 0 aliphatic carbocycles. The molecule has 0 spiro atoms. The monoisotopic (exact) mass is 719 g/mol. The lowest BCUT2D eigenvalue weighted by Crippen LogP contribution is -2.64. The van der Waals surface area contributed by atoms with Gasteiger partial charge in [0.2, 0.25) is 5.79 Å². The summed E-state index contributed by atoms with van der Waals surface area (Å²) in [5.74, 6) is -6.64. The van der Waals surface area contributed by atoms with E-state index in [-0.39, 0.29) is 49.3 Å². The van der Waals surface area contributed by atoms with Crippen LogP contribution in [0.4, 0.5) is 0 Å². The summed E-state index contributed by atoms with van der Waals surface area (Å²) in [4.78, 5) is 57.0. The fourth-order valence-corrected chi connectivity index (χ4v) is 8.07. The van der Waals surface area contributed by atoms with E-state index in [1.54, 1.807) is 28.1 Å². The topological polar surface area (TPSA) is 149 Å². The second kappa shape index (κ2) is 19.1. The maximum absolute atomic E-state index is 14.1. The number of amides is 1. The van der Waals surface area contributed by atoms with Gasteiger partial charge in [0.25, 0.3) is 11.7 Å². The second-order valence-corrected chi connectivity index (χ2v) is 15.6. The summed E-state index contributed by atoms with van der Waals surface area (Å²) in [6.45, 7) is 15.5. The van der Waals surface area contributed by atoms with Crippen molar-refractivity contribution in [3.05, 3.63) is 23.3 Å².